The van der Waals surface area contributed by atoms with Gasteiger partial charge in [0.2, 0.25) is 0 Å². The van der Waals surface area contributed by atoms with Gasteiger partial charge >= 0.3 is 5.97 Å². The van der Waals surface area contributed by atoms with Crippen molar-refractivity contribution in [2.24, 2.45) is 0 Å². The van der Waals surface area contributed by atoms with E-state index in [4.69, 9.17) is 21.4 Å². The molecular weight excluding hydrogens is 354 g/mol. The summed E-state index contributed by atoms with van der Waals surface area (Å²) >= 11 is 6.17. The van der Waals surface area contributed by atoms with Crippen LogP contribution in [-0.4, -0.2) is 30.1 Å². The van der Waals surface area contributed by atoms with E-state index in [9.17, 15) is 9.59 Å². The van der Waals surface area contributed by atoms with E-state index in [0.717, 1.165) is 23.2 Å². The van der Waals surface area contributed by atoms with E-state index in [1.807, 2.05) is 31.2 Å². The number of benzene rings is 2. The van der Waals surface area contributed by atoms with Gasteiger partial charge in [0.1, 0.15) is 5.75 Å². The normalized spacial score (nSPS) is 14.6. The number of amides is 1. The van der Waals surface area contributed by atoms with E-state index >= 15 is 0 Å². The first kappa shape index (κ1) is 18.0. The van der Waals surface area contributed by atoms with E-state index in [1.54, 1.807) is 29.2 Å². The molecule has 0 saturated carbocycles. The third kappa shape index (κ3) is 3.58. The molecule has 3 rings (SSSR count). The second-order valence-corrected chi connectivity index (χ2v) is 6.31. The first-order valence-electron chi connectivity index (χ1n) is 8.28. The number of halogens is 1. The summed E-state index contributed by atoms with van der Waals surface area (Å²) in [6.45, 7) is 2.24. The van der Waals surface area contributed by atoms with Gasteiger partial charge in [0, 0.05) is 17.7 Å². The molecule has 0 atom stereocenters. The summed E-state index contributed by atoms with van der Waals surface area (Å²) in [5.74, 6) is -0.811. The number of anilines is 1. The van der Waals surface area contributed by atoms with Gasteiger partial charge in [0.05, 0.1) is 10.7 Å². The van der Waals surface area contributed by atoms with Gasteiger partial charge < -0.3 is 14.7 Å². The Bertz CT molecular complexity index is 891. The average molecular weight is 372 g/mol. The summed E-state index contributed by atoms with van der Waals surface area (Å²) in [5, 5.41) is 8.98. The van der Waals surface area contributed by atoms with Gasteiger partial charge in [0.15, 0.2) is 6.61 Å². The number of ether oxygens (including phenoxy) is 1. The van der Waals surface area contributed by atoms with Crippen molar-refractivity contribution >= 4 is 40.8 Å². The molecule has 0 fully saturated rings. The Balaban J connectivity index is 1.93. The van der Waals surface area contributed by atoms with Crippen molar-refractivity contribution < 1.29 is 19.4 Å². The zero-order chi connectivity index (χ0) is 18.7. The molecule has 0 unspecified atom stereocenters. The Morgan fingerprint density at radius 2 is 2.04 bits per heavy atom. The van der Waals surface area contributed by atoms with Crippen LogP contribution >= 0.6 is 11.6 Å². The van der Waals surface area contributed by atoms with Crippen molar-refractivity contribution in [3.8, 4) is 5.75 Å². The molecule has 0 spiro atoms. The maximum absolute atomic E-state index is 12.8. The van der Waals surface area contributed by atoms with Crippen molar-refractivity contribution in [2.75, 3.05) is 18.1 Å². The Morgan fingerprint density at radius 3 is 2.73 bits per heavy atom. The van der Waals surface area contributed by atoms with Gasteiger partial charge in [-0.15, -0.1) is 0 Å². The van der Waals surface area contributed by atoms with Crippen LogP contribution in [0.1, 0.15) is 24.5 Å². The Kier molecular flexibility index (Phi) is 5.28. The predicted molar refractivity (Wildman–Crippen MR) is 102 cm³/mol. The molecule has 134 valence electrons. The summed E-state index contributed by atoms with van der Waals surface area (Å²) in [5.41, 5.74) is 3.17. The van der Waals surface area contributed by atoms with Crippen LogP contribution in [0.4, 0.5) is 5.69 Å². The summed E-state index contributed by atoms with van der Waals surface area (Å²) in [4.78, 5) is 25.2. The number of carbonyl (C=O) groups excluding carboxylic acids is 1. The molecule has 0 aromatic heterocycles. The minimum atomic E-state index is -1.07. The molecule has 1 aliphatic rings. The number of fused-ring (bicyclic) bond motifs is 1. The quantitative estimate of drug-likeness (QED) is 0.776. The summed E-state index contributed by atoms with van der Waals surface area (Å²) in [6, 6.07) is 12.7. The molecular formula is C20H18ClNO4. The van der Waals surface area contributed by atoms with Gasteiger partial charge in [0.25, 0.3) is 5.91 Å². The molecule has 0 saturated heterocycles. The van der Waals surface area contributed by atoms with Crippen molar-refractivity contribution in [1.29, 1.82) is 0 Å². The van der Waals surface area contributed by atoms with Crippen molar-refractivity contribution in [3.63, 3.8) is 0 Å². The lowest BCUT2D eigenvalue weighted by atomic mass is 10.0. The van der Waals surface area contributed by atoms with Gasteiger partial charge in [-0.05, 0) is 36.3 Å². The molecule has 1 amide bonds. The van der Waals surface area contributed by atoms with E-state index in [-0.39, 0.29) is 5.91 Å². The molecule has 2 aromatic carbocycles. The molecule has 1 N–H and O–H groups in total. The molecule has 26 heavy (non-hydrogen) atoms. The fourth-order valence-electron chi connectivity index (χ4n) is 2.92. The highest BCUT2D eigenvalue weighted by Crippen LogP contribution is 2.38. The highest BCUT2D eigenvalue weighted by atomic mass is 35.5. The largest absolute Gasteiger partial charge is 0.480 e. The lowest BCUT2D eigenvalue weighted by molar-refractivity contribution is -0.139. The predicted octanol–water partition coefficient (Wildman–Crippen LogP) is 4.10. The minimum absolute atomic E-state index is 0.0321. The van der Waals surface area contributed by atoms with Gasteiger partial charge in [-0.25, -0.2) is 4.79 Å². The first-order valence-corrected chi connectivity index (χ1v) is 8.66. The van der Waals surface area contributed by atoms with Crippen LogP contribution in [0.5, 0.6) is 5.75 Å². The Labute approximate surface area is 156 Å². The second kappa shape index (κ2) is 7.62. The van der Waals surface area contributed by atoms with Crippen LogP contribution in [0.3, 0.4) is 0 Å². The zero-order valence-corrected chi connectivity index (χ0v) is 15.0. The summed E-state index contributed by atoms with van der Waals surface area (Å²) in [7, 11) is 0. The number of carboxylic acids is 1. The van der Waals surface area contributed by atoms with E-state index < -0.39 is 12.6 Å². The monoisotopic (exact) mass is 371 g/mol. The molecule has 6 heteroatoms. The fraction of sp³-hybridized carbons (Fsp3) is 0.200. The van der Waals surface area contributed by atoms with Crippen molar-refractivity contribution in [2.45, 2.75) is 13.3 Å². The summed E-state index contributed by atoms with van der Waals surface area (Å²) in [6.07, 6.45) is 2.67. The van der Waals surface area contributed by atoms with Gasteiger partial charge in [-0.3, -0.25) is 4.79 Å². The minimum Gasteiger partial charge on any atom is -0.480 e. The third-order valence-corrected chi connectivity index (χ3v) is 4.32. The maximum atomic E-state index is 12.8. The third-order valence-electron chi connectivity index (χ3n) is 4.03. The first-order chi connectivity index (χ1) is 12.5. The topological polar surface area (TPSA) is 66.8 Å². The van der Waals surface area contributed by atoms with Crippen molar-refractivity contribution in [1.82, 2.24) is 0 Å². The molecule has 0 bridgehead atoms. The Morgan fingerprint density at radius 1 is 1.27 bits per heavy atom. The zero-order valence-electron chi connectivity index (χ0n) is 14.2. The fourth-order valence-corrected chi connectivity index (χ4v) is 3.17. The number of rotatable bonds is 6. The number of carboxylic acid groups (broad SMARTS) is 1. The van der Waals surface area contributed by atoms with Gasteiger partial charge in [-0.1, -0.05) is 42.8 Å². The van der Waals surface area contributed by atoms with E-state index in [1.165, 1.54) is 0 Å². The van der Waals surface area contributed by atoms with E-state index in [2.05, 4.69) is 0 Å². The molecule has 5 nitrogen and oxygen atoms in total. The number of nitrogens with zero attached hydrogens (tertiary/aromatic N) is 1. The average Bonchev–Trinajstić information content (AvgIpc) is 2.87. The van der Waals surface area contributed by atoms with Crippen molar-refractivity contribution in [3.05, 3.63) is 58.6 Å². The SMILES string of the molecule is CCCN1C(=O)/C(=C\c2ccc(OCC(=O)O)c(Cl)c2)c2ccccc21. The van der Waals surface area contributed by atoms with Crippen LogP contribution in [0, 0.1) is 0 Å². The number of hydrogen-bond acceptors (Lipinski definition) is 3. The number of carbonyl (C=O) groups is 2. The van der Waals surface area contributed by atoms with Crippen LogP contribution < -0.4 is 9.64 Å². The number of hydrogen-bond donors (Lipinski definition) is 1. The molecule has 1 aliphatic heterocycles. The smallest absolute Gasteiger partial charge is 0.341 e. The molecule has 0 radical (unpaired) electrons. The van der Waals surface area contributed by atoms with Crippen LogP contribution in [-0.2, 0) is 9.59 Å². The highest BCUT2D eigenvalue weighted by Gasteiger charge is 2.31. The van der Waals surface area contributed by atoms with Crippen LogP contribution in [0.2, 0.25) is 5.02 Å². The summed E-state index contributed by atoms with van der Waals surface area (Å²) < 4.78 is 5.12. The number of aliphatic carboxylic acids is 1. The Hall–Kier alpha value is -2.79. The molecule has 0 aliphatic carbocycles. The molecule has 1 heterocycles. The standard InChI is InChI=1S/C20H18ClNO4/c1-2-9-22-17-6-4-3-5-14(17)15(20(22)25)10-13-7-8-18(16(21)11-13)26-12-19(23)24/h3-8,10-11H,2,9,12H2,1H3,(H,23,24)/b15-10-. The van der Waals surface area contributed by atoms with Crippen LogP contribution in [0.25, 0.3) is 11.6 Å². The van der Waals surface area contributed by atoms with Gasteiger partial charge in [-0.2, -0.15) is 0 Å². The highest BCUT2D eigenvalue weighted by molar-refractivity contribution is 6.36. The maximum Gasteiger partial charge on any atom is 0.341 e. The van der Waals surface area contributed by atoms with E-state index in [0.29, 0.717) is 22.9 Å². The second-order valence-electron chi connectivity index (χ2n) is 5.90. The lowest BCUT2D eigenvalue weighted by Crippen LogP contribution is -2.26. The van der Waals surface area contributed by atoms with Crippen LogP contribution in [0.15, 0.2) is 42.5 Å². The lowest BCUT2D eigenvalue weighted by Gasteiger charge is -2.15. The number of para-hydroxylation sites is 1. The molecule has 2 aromatic rings.